The SMILES string of the molecule is Nc1ccccc1CCN1CCN(CCCc2ccccc2)CC1. The Balaban J connectivity index is 1.33. The van der Waals surface area contributed by atoms with Gasteiger partial charge in [0.05, 0.1) is 0 Å². The molecule has 1 aliphatic rings. The van der Waals surface area contributed by atoms with Crippen molar-refractivity contribution in [2.75, 3.05) is 45.0 Å². The highest BCUT2D eigenvalue weighted by Crippen LogP contribution is 2.13. The first-order valence-corrected chi connectivity index (χ1v) is 9.13. The molecule has 0 bridgehead atoms. The van der Waals surface area contributed by atoms with Crippen molar-refractivity contribution >= 4 is 5.69 Å². The molecule has 24 heavy (non-hydrogen) atoms. The quantitative estimate of drug-likeness (QED) is 0.795. The van der Waals surface area contributed by atoms with Crippen LogP contribution in [-0.4, -0.2) is 49.1 Å². The maximum absolute atomic E-state index is 6.03. The van der Waals surface area contributed by atoms with E-state index in [4.69, 9.17) is 5.73 Å². The van der Waals surface area contributed by atoms with Gasteiger partial charge in [-0.3, -0.25) is 0 Å². The second-order valence-electron chi connectivity index (χ2n) is 6.72. The highest BCUT2D eigenvalue weighted by Gasteiger charge is 2.16. The summed E-state index contributed by atoms with van der Waals surface area (Å²) in [6.45, 7) is 7.08. The third kappa shape index (κ3) is 5.08. The summed E-state index contributed by atoms with van der Waals surface area (Å²) < 4.78 is 0. The Morgan fingerprint density at radius 3 is 2.04 bits per heavy atom. The van der Waals surface area contributed by atoms with Crippen LogP contribution < -0.4 is 5.73 Å². The van der Waals surface area contributed by atoms with Crippen LogP contribution in [-0.2, 0) is 12.8 Å². The zero-order chi connectivity index (χ0) is 16.6. The average Bonchev–Trinajstić information content (AvgIpc) is 2.63. The number of rotatable bonds is 7. The normalized spacial score (nSPS) is 16.3. The Hall–Kier alpha value is -1.84. The maximum Gasteiger partial charge on any atom is 0.0347 e. The Morgan fingerprint density at radius 2 is 1.33 bits per heavy atom. The number of nitrogens with two attached hydrogens (primary N) is 1. The number of piperazine rings is 1. The number of anilines is 1. The van der Waals surface area contributed by atoms with Gasteiger partial charge in [0.15, 0.2) is 0 Å². The minimum atomic E-state index is 0.928. The molecule has 1 saturated heterocycles. The third-order valence-electron chi connectivity index (χ3n) is 5.00. The molecule has 0 unspecified atom stereocenters. The first-order valence-electron chi connectivity index (χ1n) is 9.13. The lowest BCUT2D eigenvalue weighted by Gasteiger charge is -2.34. The highest BCUT2D eigenvalue weighted by atomic mass is 15.3. The van der Waals surface area contributed by atoms with Gasteiger partial charge in [-0.05, 0) is 43.0 Å². The fraction of sp³-hybridized carbons (Fsp3) is 0.429. The smallest absolute Gasteiger partial charge is 0.0347 e. The number of benzene rings is 2. The van der Waals surface area contributed by atoms with Gasteiger partial charge in [0.1, 0.15) is 0 Å². The monoisotopic (exact) mass is 323 g/mol. The molecule has 0 spiro atoms. The lowest BCUT2D eigenvalue weighted by Crippen LogP contribution is -2.47. The molecule has 3 rings (SSSR count). The first-order chi connectivity index (χ1) is 11.8. The van der Waals surface area contributed by atoms with Gasteiger partial charge in [-0.1, -0.05) is 48.5 Å². The summed E-state index contributed by atoms with van der Waals surface area (Å²) in [4.78, 5) is 5.18. The minimum absolute atomic E-state index is 0.928. The van der Waals surface area contributed by atoms with E-state index in [1.54, 1.807) is 0 Å². The van der Waals surface area contributed by atoms with E-state index in [-0.39, 0.29) is 0 Å². The van der Waals surface area contributed by atoms with Crippen LogP contribution in [0.3, 0.4) is 0 Å². The number of nitrogen functional groups attached to an aromatic ring is 1. The van der Waals surface area contributed by atoms with Crippen LogP contribution >= 0.6 is 0 Å². The fourth-order valence-corrected chi connectivity index (χ4v) is 3.43. The molecular formula is C21H29N3. The van der Waals surface area contributed by atoms with E-state index >= 15 is 0 Å². The standard InChI is InChI=1S/C21H29N3/c22-21-11-5-4-10-20(21)12-14-24-17-15-23(16-18-24)13-6-9-19-7-2-1-3-8-19/h1-5,7-8,10-11H,6,9,12-18,22H2. The van der Waals surface area contributed by atoms with Gasteiger partial charge in [-0.25, -0.2) is 0 Å². The zero-order valence-corrected chi connectivity index (χ0v) is 14.5. The molecule has 0 aliphatic carbocycles. The molecule has 128 valence electrons. The van der Waals surface area contributed by atoms with E-state index in [1.807, 2.05) is 12.1 Å². The van der Waals surface area contributed by atoms with Crippen molar-refractivity contribution in [1.82, 2.24) is 9.80 Å². The van der Waals surface area contributed by atoms with Crippen molar-refractivity contribution in [3.05, 3.63) is 65.7 Å². The molecule has 1 fully saturated rings. The van der Waals surface area contributed by atoms with Gasteiger partial charge < -0.3 is 15.5 Å². The summed E-state index contributed by atoms with van der Waals surface area (Å²) >= 11 is 0. The molecule has 3 heteroatoms. The summed E-state index contributed by atoms with van der Waals surface area (Å²) in [6, 6.07) is 19.0. The largest absolute Gasteiger partial charge is 0.399 e. The Kier molecular flexibility index (Phi) is 6.27. The molecule has 1 heterocycles. The third-order valence-corrected chi connectivity index (χ3v) is 5.00. The molecule has 2 aromatic rings. The second-order valence-corrected chi connectivity index (χ2v) is 6.72. The minimum Gasteiger partial charge on any atom is -0.399 e. The van der Waals surface area contributed by atoms with Gasteiger partial charge >= 0.3 is 0 Å². The van der Waals surface area contributed by atoms with Crippen molar-refractivity contribution in [1.29, 1.82) is 0 Å². The van der Waals surface area contributed by atoms with E-state index < -0.39 is 0 Å². The average molecular weight is 323 g/mol. The predicted molar refractivity (Wildman–Crippen MR) is 102 cm³/mol. The highest BCUT2D eigenvalue weighted by molar-refractivity contribution is 5.46. The number of hydrogen-bond acceptors (Lipinski definition) is 3. The first kappa shape index (κ1) is 17.0. The second kappa shape index (κ2) is 8.86. The van der Waals surface area contributed by atoms with Gasteiger partial charge in [0, 0.05) is 38.4 Å². The summed E-state index contributed by atoms with van der Waals surface area (Å²) in [5.41, 5.74) is 9.70. The lowest BCUT2D eigenvalue weighted by atomic mass is 10.1. The number of hydrogen-bond donors (Lipinski definition) is 1. The molecule has 0 radical (unpaired) electrons. The maximum atomic E-state index is 6.03. The molecule has 2 aromatic carbocycles. The van der Waals surface area contributed by atoms with E-state index in [0.717, 1.165) is 18.7 Å². The van der Waals surface area contributed by atoms with Gasteiger partial charge in [-0.15, -0.1) is 0 Å². The van der Waals surface area contributed by atoms with Crippen molar-refractivity contribution < 1.29 is 0 Å². The summed E-state index contributed by atoms with van der Waals surface area (Å²) in [5.74, 6) is 0. The molecular weight excluding hydrogens is 294 g/mol. The predicted octanol–water partition coefficient (Wildman–Crippen LogP) is 3.06. The Bertz CT molecular complexity index is 603. The molecule has 0 saturated carbocycles. The number of aryl methyl sites for hydroxylation is 1. The zero-order valence-electron chi connectivity index (χ0n) is 14.5. The van der Waals surface area contributed by atoms with Crippen LogP contribution in [0, 0.1) is 0 Å². The van der Waals surface area contributed by atoms with E-state index in [0.29, 0.717) is 0 Å². The summed E-state index contributed by atoms with van der Waals surface area (Å²) in [6.07, 6.45) is 3.50. The van der Waals surface area contributed by atoms with Crippen LogP contribution in [0.2, 0.25) is 0 Å². The number of para-hydroxylation sites is 1. The molecule has 0 atom stereocenters. The summed E-state index contributed by atoms with van der Waals surface area (Å²) in [5, 5.41) is 0. The van der Waals surface area contributed by atoms with Crippen molar-refractivity contribution in [2.24, 2.45) is 0 Å². The van der Waals surface area contributed by atoms with Crippen LogP contribution in [0.1, 0.15) is 17.5 Å². The fourth-order valence-electron chi connectivity index (χ4n) is 3.43. The Labute approximate surface area is 146 Å². The molecule has 1 aliphatic heterocycles. The van der Waals surface area contributed by atoms with Crippen molar-refractivity contribution in [3.63, 3.8) is 0 Å². The molecule has 0 aromatic heterocycles. The summed E-state index contributed by atoms with van der Waals surface area (Å²) in [7, 11) is 0. The van der Waals surface area contributed by atoms with E-state index in [9.17, 15) is 0 Å². The molecule has 3 nitrogen and oxygen atoms in total. The van der Waals surface area contributed by atoms with Crippen LogP contribution in [0.25, 0.3) is 0 Å². The van der Waals surface area contributed by atoms with Crippen LogP contribution in [0.5, 0.6) is 0 Å². The topological polar surface area (TPSA) is 32.5 Å². The number of nitrogens with zero attached hydrogens (tertiary/aromatic N) is 2. The van der Waals surface area contributed by atoms with Crippen molar-refractivity contribution in [2.45, 2.75) is 19.3 Å². The van der Waals surface area contributed by atoms with Crippen molar-refractivity contribution in [3.8, 4) is 0 Å². The van der Waals surface area contributed by atoms with Gasteiger partial charge in [0.2, 0.25) is 0 Å². The lowest BCUT2D eigenvalue weighted by molar-refractivity contribution is 0.132. The van der Waals surface area contributed by atoms with E-state index in [2.05, 4.69) is 52.3 Å². The van der Waals surface area contributed by atoms with Gasteiger partial charge in [0.25, 0.3) is 0 Å². The Morgan fingerprint density at radius 1 is 0.708 bits per heavy atom. The van der Waals surface area contributed by atoms with Crippen LogP contribution in [0.15, 0.2) is 54.6 Å². The van der Waals surface area contributed by atoms with Gasteiger partial charge in [-0.2, -0.15) is 0 Å². The van der Waals surface area contributed by atoms with Crippen LogP contribution in [0.4, 0.5) is 5.69 Å². The molecule has 2 N–H and O–H groups in total. The molecule has 0 amide bonds. The van der Waals surface area contributed by atoms with E-state index in [1.165, 1.54) is 56.7 Å².